The summed E-state index contributed by atoms with van der Waals surface area (Å²) in [5.74, 6) is 0.802. The van der Waals surface area contributed by atoms with Gasteiger partial charge in [0.1, 0.15) is 5.75 Å². The highest BCUT2D eigenvalue weighted by Crippen LogP contribution is 2.18. The van der Waals surface area contributed by atoms with E-state index < -0.39 is 0 Å². The minimum Gasteiger partial charge on any atom is -0.497 e. The molecule has 0 fully saturated rings. The van der Waals surface area contributed by atoms with Crippen molar-refractivity contribution in [2.45, 2.75) is 19.1 Å². The number of nitrogens with zero attached hydrogens (tertiary/aromatic N) is 2. The molecular formula is C18H22N4O3. The van der Waals surface area contributed by atoms with E-state index in [2.05, 4.69) is 15.8 Å². The molecule has 1 aromatic heterocycles. The first-order valence-electron chi connectivity index (χ1n) is 8.14. The van der Waals surface area contributed by atoms with Crippen LogP contribution in [0.5, 0.6) is 5.75 Å². The number of aryl methyl sites for hydroxylation is 1. The van der Waals surface area contributed by atoms with Crippen LogP contribution in [0.4, 0.5) is 4.79 Å². The lowest BCUT2D eigenvalue weighted by atomic mass is 10.0. The quantitative estimate of drug-likeness (QED) is 0.843. The Morgan fingerprint density at radius 3 is 2.80 bits per heavy atom. The normalized spacial score (nSPS) is 16.1. The average molecular weight is 342 g/mol. The van der Waals surface area contributed by atoms with Crippen molar-refractivity contribution in [3.63, 3.8) is 0 Å². The van der Waals surface area contributed by atoms with Gasteiger partial charge in [0.05, 0.1) is 25.9 Å². The summed E-state index contributed by atoms with van der Waals surface area (Å²) < 4.78 is 7.12. The van der Waals surface area contributed by atoms with Crippen LogP contribution in [0.2, 0.25) is 0 Å². The number of carbonyl (C=O) groups is 1. The highest BCUT2D eigenvalue weighted by atomic mass is 16.6. The second-order valence-corrected chi connectivity index (χ2v) is 5.87. The minimum absolute atomic E-state index is 0.155. The van der Waals surface area contributed by atoms with E-state index in [0.29, 0.717) is 19.5 Å². The van der Waals surface area contributed by atoms with Crippen LogP contribution in [-0.4, -0.2) is 36.1 Å². The van der Waals surface area contributed by atoms with E-state index in [1.54, 1.807) is 7.11 Å². The topological polar surface area (TPSA) is 76.9 Å². The smallest absolute Gasteiger partial charge is 0.315 e. The largest absolute Gasteiger partial charge is 0.497 e. The van der Waals surface area contributed by atoms with Crippen molar-refractivity contribution in [1.82, 2.24) is 15.2 Å². The molecule has 7 heteroatoms. The van der Waals surface area contributed by atoms with Crippen LogP contribution in [0.25, 0.3) is 0 Å². The Kier molecular flexibility index (Phi) is 5.23. The van der Waals surface area contributed by atoms with E-state index in [4.69, 9.17) is 9.57 Å². The first kappa shape index (κ1) is 16.9. The predicted octanol–water partition coefficient (Wildman–Crippen LogP) is 2.03. The second kappa shape index (κ2) is 7.74. The third-order valence-electron chi connectivity index (χ3n) is 4.13. The Morgan fingerprint density at radius 2 is 2.12 bits per heavy atom. The summed E-state index contributed by atoms with van der Waals surface area (Å²) >= 11 is 0. The number of ether oxygens (including phenoxy) is 1. The fraction of sp³-hybridized carbons (Fsp3) is 0.333. The summed E-state index contributed by atoms with van der Waals surface area (Å²) in [5, 5.41) is 9.77. The Labute approximate surface area is 146 Å². The Balaban J connectivity index is 1.41. The average Bonchev–Trinajstić information content (AvgIpc) is 3.27. The number of benzene rings is 1. The maximum absolute atomic E-state index is 11.9. The van der Waals surface area contributed by atoms with E-state index in [-0.39, 0.29) is 12.1 Å². The number of rotatable bonds is 6. The summed E-state index contributed by atoms with van der Waals surface area (Å²) in [6.45, 7) is 0.885. The molecule has 25 heavy (non-hydrogen) atoms. The zero-order chi connectivity index (χ0) is 17.6. The highest BCUT2D eigenvalue weighted by Gasteiger charge is 2.22. The fourth-order valence-electron chi connectivity index (χ4n) is 2.61. The van der Waals surface area contributed by atoms with Crippen LogP contribution in [-0.2, 0) is 18.4 Å². The number of urea groups is 1. The van der Waals surface area contributed by atoms with Gasteiger partial charge < -0.3 is 24.8 Å². The van der Waals surface area contributed by atoms with Gasteiger partial charge in [-0.1, -0.05) is 5.16 Å². The Hall–Kier alpha value is -2.96. The zero-order valence-corrected chi connectivity index (χ0v) is 14.4. The van der Waals surface area contributed by atoms with Crippen molar-refractivity contribution in [3.8, 4) is 5.75 Å². The molecule has 3 rings (SSSR count). The number of oxime groups is 1. The van der Waals surface area contributed by atoms with E-state index >= 15 is 0 Å². The van der Waals surface area contributed by atoms with Crippen LogP contribution in [0, 0.1) is 0 Å². The van der Waals surface area contributed by atoms with Crippen molar-refractivity contribution < 1.29 is 14.4 Å². The van der Waals surface area contributed by atoms with Gasteiger partial charge in [-0.15, -0.1) is 0 Å². The monoisotopic (exact) mass is 342 g/mol. The van der Waals surface area contributed by atoms with Crippen LogP contribution in [0.15, 0.2) is 47.8 Å². The molecule has 0 bridgehead atoms. The van der Waals surface area contributed by atoms with E-state index in [1.165, 1.54) is 0 Å². The number of amides is 2. The molecule has 1 atom stereocenters. The van der Waals surface area contributed by atoms with Crippen LogP contribution in [0.3, 0.4) is 0 Å². The molecule has 2 N–H and O–H groups in total. The third kappa shape index (κ3) is 4.32. The number of aromatic nitrogens is 1. The predicted molar refractivity (Wildman–Crippen MR) is 94.7 cm³/mol. The summed E-state index contributed by atoms with van der Waals surface area (Å²) in [7, 11) is 3.58. The SMILES string of the molecule is COc1ccc(C2=NOC(CNC(=O)NCc3cccn3C)C2)cc1. The van der Waals surface area contributed by atoms with Crippen molar-refractivity contribution in [1.29, 1.82) is 0 Å². The lowest BCUT2D eigenvalue weighted by Crippen LogP contribution is -2.39. The molecule has 1 aliphatic rings. The minimum atomic E-state index is -0.220. The molecule has 0 saturated heterocycles. The fourth-order valence-corrected chi connectivity index (χ4v) is 2.61. The van der Waals surface area contributed by atoms with Gasteiger partial charge in [-0.2, -0.15) is 0 Å². The lowest BCUT2D eigenvalue weighted by molar-refractivity contribution is 0.0865. The standard InChI is InChI=1S/C18H22N4O3/c1-22-9-3-4-14(22)11-19-18(23)20-12-16-10-17(21-25-16)13-5-7-15(24-2)8-6-13/h3-9,16H,10-12H2,1-2H3,(H2,19,20,23). The van der Waals surface area contributed by atoms with Gasteiger partial charge in [0.25, 0.3) is 0 Å². The first-order chi connectivity index (χ1) is 12.2. The summed E-state index contributed by atoms with van der Waals surface area (Å²) in [6.07, 6.45) is 2.45. The molecule has 1 unspecified atom stereocenters. The van der Waals surface area contributed by atoms with Gasteiger partial charge >= 0.3 is 6.03 Å². The van der Waals surface area contributed by atoms with Crippen molar-refractivity contribution >= 4 is 11.7 Å². The molecule has 0 spiro atoms. The van der Waals surface area contributed by atoms with Gasteiger partial charge in [0.15, 0.2) is 6.10 Å². The maximum atomic E-state index is 11.9. The summed E-state index contributed by atoms with van der Waals surface area (Å²) in [6, 6.07) is 11.4. The molecule has 7 nitrogen and oxygen atoms in total. The molecule has 2 amide bonds. The van der Waals surface area contributed by atoms with E-state index in [0.717, 1.165) is 22.7 Å². The van der Waals surface area contributed by atoms with Gasteiger partial charge in [-0.3, -0.25) is 0 Å². The molecule has 2 aromatic rings. The van der Waals surface area contributed by atoms with Crippen molar-refractivity contribution in [2.24, 2.45) is 12.2 Å². The van der Waals surface area contributed by atoms with E-state index in [9.17, 15) is 4.79 Å². The molecule has 0 aliphatic carbocycles. The third-order valence-corrected chi connectivity index (χ3v) is 4.13. The van der Waals surface area contributed by atoms with Crippen LogP contribution >= 0.6 is 0 Å². The first-order valence-corrected chi connectivity index (χ1v) is 8.14. The van der Waals surface area contributed by atoms with Gasteiger partial charge in [-0.25, -0.2) is 4.79 Å². The van der Waals surface area contributed by atoms with Gasteiger partial charge in [0.2, 0.25) is 0 Å². The summed E-state index contributed by atoms with van der Waals surface area (Å²) in [5.41, 5.74) is 2.91. The zero-order valence-electron chi connectivity index (χ0n) is 14.4. The maximum Gasteiger partial charge on any atom is 0.315 e. The highest BCUT2D eigenvalue weighted by molar-refractivity contribution is 6.01. The van der Waals surface area contributed by atoms with Gasteiger partial charge in [-0.05, 0) is 42.0 Å². The Bertz CT molecular complexity index is 752. The lowest BCUT2D eigenvalue weighted by Gasteiger charge is -2.11. The molecule has 0 radical (unpaired) electrons. The number of hydrogen-bond acceptors (Lipinski definition) is 4. The molecule has 1 aromatic carbocycles. The number of nitrogens with one attached hydrogen (secondary N) is 2. The molecule has 0 saturated carbocycles. The van der Waals surface area contributed by atoms with Crippen molar-refractivity contribution in [3.05, 3.63) is 53.9 Å². The molecular weight excluding hydrogens is 320 g/mol. The molecule has 132 valence electrons. The Morgan fingerprint density at radius 1 is 1.32 bits per heavy atom. The number of methoxy groups -OCH3 is 1. The van der Waals surface area contributed by atoms with Crippen molar-refractivity contribution in [2.75, 3.05) is 13.7 Å². The molecule has 2 heterocycles. The second-order valence-electron chi connectivity index (χ2n) is 5.87. The van der Waals surface area contributed by atoms with Gasteiger partial charge in [0, 0.05) is 25.4 Å². The molecule has 1 aliphatic heterocycles. The number of carbonyl (C=O) groups excluding carboxylic acids is 1. The number of hydrogen-bond donors (Lipinski definition) is 2. The summed E-state index contributed by atoms with van der Waals surface area (Å²) in [4.78, 5) is 17.3. The van der Waals surface area contributed by atoms with E-state index in [1.807, 2.05) is 54.2 Å². The van der Waals surface area contributed by atoms with Crippen LogP contribution in [0.1, 0.15) is 17.7 Å². The van der Waals surface area contributed by atoms with Crippen LogP contribution < -0.4 is 15.4 Å².